The van der Waals surface area contributed by atoms with E-state index < -0.39 is 11.8 Å². The fraction of sp³-hybridized carbons (Fsp3) is 0.833. The minimum absolute atomic E-state index is 0.340. The Morgan fingerprint density at radius 1 is 1.24 bits per heavy atom. The Kier molecular flexibility index (Phi) is 8.40. The zero-order valence-electron chi connectivity index (χ0n) is 11.2. The SMILES string of the molecule is CCC(CC)CN(CC)C(=O)C(=O)NCCN. The standard InChI is InChI=1S/C12H25N3O2/c1-4-10(5-2)9-15(6-3)12(17)11(16)14-8-7-13/h10H,4-9,13H2,1-3H3,(H,14,16). The molecule has 0 bridgehead atoms. The first-order chi connectivity index (χ1) is 8.10. The molecule has 0 aromatic rings. The fourth-order valence-electron chi connectivity index (χ4n) is 1.62. The molecule has 0 rings (SSSR count). The Hall–Kier alpha value is -1.10. The highest BCUT2D eigenvalue weighted by atomic mass is 16.2. The summed E-state index contributed by atoms with van der Waals surface area (Å²) in [6.07, 6.45) is 2.04. The maximum absolute atomic E-state index is 11.8. The van der Waals surface area contributed by atoms with E-state index in [0.717, 1.165) is 12.8 Å². The van der Waals surface area contributed by atoms with Crippen molar-refractivity contribution in [2.75, 3.05) is 26.2 Å². The lowest BCUT2D eigenvalue weighted by molar-refractivity contribution is -0.146. The molecule has 0 aliphatic heterocycles. The number of hydrogen-bond donors (Lipinski definition) is 2. The predicted octanol–water partition coefficient (Wildman–Crippen LogP) is 0.346. The number of nitrogens with two attached hydrogens (primary N) is 1. The van der Waals surface area contributed by atoms with Crippen LogP contribution < -0.4 is 11.1 Å². The first kappa shape index (κ1) is 15.9. The van der Waals surface area contributed by atoms with Gasteiger partial charge in [-0.1, -0.05) is 26.7 Å². The van der Waals surface area contributed by atoms with Crippen molar-refractivity contribution in [3.8, 4) is 0 Å². The Balaban J connectivity index is 4.33. The van der Waals surface area contributed by atoms with Crippen molar-refractivity contribution in [2.45, 2.75) is 33.6 Å². The fourth-order valence-corrected chi connectivity index (χ4v) is 1.62. The summed E-state index contributed by atoms with van der Waals surface area (Å²) < 4.78 is 0. The molecule has 17 heavy (non-hydrogen) atoms. The Morgan fingerprint density at radius 3 is 2.24 bits per heavy atom. The van der Waals surface area contributed by atoms with E-state index in [-0.39, 0.29) is 0 Å². The zero-order chi connectivity index (χ0) is 13.3. The molecule has 0 fully saturated rings. The van der Waals surface area contributed by atoms with Crippen LogP contribution in [0.5, 0.6) is 0 Å². The maximum Gasteiger partial charge on any atom is 0.311 e. The third-order valence-corrected chi connectivity index (χ3v) is 2.93. The molecule has 0 heterocycles. The summed E-state index contributed by atoms with van der Waals surface area (Å²) in [6, 6.07) is 0. The van der Waals surface area contributed by atoms with E-state index >= 15 is 0 Å². The van der Waals surface area contributed by atoms with Crippen molar-refractivity contribution in [2.24, 2.45) is 11.7 Å². The number of hydrogen-bond acceptors (Lipinski definition) is 3. The highest BCUT2D eigenvalue weighted by molar-refractivity contribution is 6.35. The van der Waals surface area contributed by atoms with Crippen LogP contribution in [0, 0.1) is 5.92 Å². The third kappa shape index (κ3) is 5.68. The van der Waals surface area contributed by atoms with E-state index in [1.54, 1.807) is 4.90 Å². The molecule has 0 aromatic heterocycles. The van der Waals surface area contributed by atoms with Crippen LogP contribution in [0.3, 0.4) is 0 Å². The zero-order valence-corrected chi connectivity index (χ0v) is 11.2. The smallest absolute Gasteiger partial charge is 0.311 e. The molecule has 5 heteroatoms. The summed E-state index contributed by atoms with van der Waals surface area (Å²) in [5, 5.41) is 2.50. The van der Waals surface area contributed by atoms with Crippen LogP contribution in [-0.2, 0) is 9.59 Å². The van der Waals surface area contributed by atoms with Crippen LogP contribution in [0.4, 0.5) is 0 Å². The lowest BCUT2D eigenvalue weighted by Crippen LogP contribution is -2.45. The molecule has 0 atom stereocenters. The van der Waals surface area contributed by atoms with Crippen molar-refractivity contribution < 1.29 is 9.59 Å². The van der Waals surface area contributed by atoms with Crippen molar-refractivity contribution in [1.29, 1.82) is 0 Å². The van der Waals surface area contributed by atoms with Crippen LogP contribution in [0.15, 0.2) is 0 Å². The average Bonchev–Trinajstić information content (AvgIpc) is 2.36. The van der Waals surface area contributed by atoms with Gasteiger partial charge in [0.05, 0.1) is 0 Å². The van der Waals surface area contributed by atoms with Crippen molar-refractivity contribution in [1.82, 2.24) is 10.2 Å². The van der Waals surface area contributed by atoms with E-state index in [1.807, 2.05) is 6.92 Å². The molecule has 0 aliphatic rings. The van der Waals surface area contributed by atoms with Gasteiger partial charge in [0.2, 0.25) is 0 Å². The van der Waals surface area contributed by atoms with Crippen LogP contribution in [0.25, 0.3) is 0 Å². The molecular formula is C12H25N3O2. The summed E-state index contributed by atoms with van der Waals surface area (Å²) in [5.41, 5.74) is 5.27. The Labute approximate surface area is 104 Å². The van der Waals surface area contributed by atoms with Crippen LogP contribution in [-0.4, -0.2) is 42.9 Å². The van der Waals surface area contributed by atoms with Gasteiger partial charge in [-0.15, -0.1) is 0 Å². The molecule has 0 saturated carbocycles. The van der Waals surface area contributed by atoms with Gasteiger partial charge in [0.15, 0.2) is 0 Å². The van der Waals surface area contributed by atoms with Gasteiger partial charge in [-0.3, -0.25) is 9.59 Å². The molecule has 0 unspecified atom stereocenters. The van der Waals surface area contributed by atoms with Crippen molar-refractivity contribution in [3.63, 3.8) is 0 Å². The summed E-state index contributed by atoms with van der Waals surface area (Å²) in [5.74, 6) is -0.544. The molecule has 0 aromatic carbocycles. The van der Waals surface area contributed by atoms with E-state index in [4.69, 9.17) is 5.73 Å². The number of carbonyl (C=O) groups excluding carboxylic acids is 2. The van der Waals surface area contributed by atoms with Crippen LogP contribution in [0.1, 0.15) is 33.6 Å². The number of amides is 2. The van der Waals surface area contributed by atoms with Gasteiger partial charge in [-0.2, -0.15) is 0 Å². The second-order valence-corrected chi connectivity index (χ2v) is 4.07. The number of nitrogens with one attached hydrogen (secondary N) is 1. The van der Waals surface area contributed by atoms with Gasteiger partial charge in [0, 0.05) is 26.2 Å². The van der Waals surface area contributed by atoms with Gasteiger partial charge in [0.1, 0.15) is 0 Å². The summed E-state index contributed by atoms with van der Waals surface area (Å²) in [4.78, 5) is 24.9. The van der Waals surface area contributed by atoms with E-state index in [9.17, 15) is 9.59 Å². The quantitative estimate of drug-likeness (QED) is 0.633. The van der Waals surface area contributed by atoms with Crippen LogP contribution >= 0.6 is 0 Å². The van der Waals surface area contributed by atoms with Gasteiger partial charge in [0.25, 0.3) is 0 Å². The van der Waals surface area contributed by atoms with Gasteiger partial charge in [-0.05, 0) is 12.8 Å². The van der Waals surface area contributed by atoms with Gasteiger partial charge in [-0.25, -0.2) is 0 Å². The Bertz CT molecular complexity index is 240. The highest BCUT2D eigenvalue weighted by Gasteiger charge is 2.21. The molecule has 3 N–H and O–H groups in total. The molecule has 2 amide bonds. The second-order valence-electron chi connectivity index (χ2n) is 4.07. The number of nitrogens with zero attached hydrogens (tertiary/aromatic N) is 1. The number of rotatable bonds is 7. The highest BCUT2D eigenvalue weighted by Crippen LogP contribution is 2.09. The first-order valence-corrected chi connectivity index (χ1v) is 6.37. The van der Waals surface area contributed by atoms with Crippen LogP contribution in [0.2, 0.25) is 0 Å². The minimum atomic E-state index is -0.553. The number of likely N-dealkylation sites (N-methyl/N-ethyl adjacent to an activating group) is 1. The van der Waals surface area contributed by atoms with Gasteiger partial charge >= 0.3 is 11.8 Å². The lowest BCUT2D eigenvalue weighted by Gasteiger charge is -2.24. The molecule has 100 valence electrons. The van der Waals surface area contributed by atoms with Gasteiger partial charge < -0.3 is 16.0 Å². The average molecular weight is 243 g/mol. The van der Waals surface area contributed by atoms with E-state index in [0.29, 0.717) is 32.1 Å². The molecule has 0 spiro atoms. The van der Waals surface area contributed by atoms with Crippen molar-refractivity contribution >= 4 is 11.8 Å². The van der Waals surface area contributed by atoms with Crippen molar-refractivity contribution in [3.05, 3.63) is 0 Å². The predicted molar refractivity (Wildman–Crippen MR) is 68.4 cm³/mol. The normalized spacial score (nSPS) is 10.4. The van der Waals surface area contributed by atoms with E-state index in [2.05, 4.69) is 19.2 Å². The maximum atomic E-state index is 11.8. The monoisotopic (exact) mass is 243 g/mol. The molecule has 5 nitrogen and oxygen atoms in total. The molecule has 0 radical (unpaired) electrons. The minimum Gasteiger partial charge on any atom is -0.347 e. The second kappa shape index (κ2) is 8.98. The largest absolute Gasteiger partial charge is 0.347 e. The topological polar surface area (TPSA) is 75.4 Å². The molecular weight excluding hydrogens is 218 g/mol. The first-order valence-electron chi connectivity index (χ1n) is 6.37. The Morgan fingerprint density at radius 2 is 1.82 bits per heavy atom. The molecule has 0 saturated heterocycles. The summed E-state index contributed by atoms with van der Waals surface area (Å²) >= 11 is 0. The summed E-state index contributed by atoms with van der Waals surface area (Å²) in [7, 11) is 0. The lowest BCUT2D eigenvalue weighted by atomic mass is 10.0. The molecule has 0 aliphatic carbocycles. The summed E-state index contributed by atoms with van der Waals surface area (Å²) in [6.45, 7) is 7.98. The number of carbonyl (C=O) groups is 2. The van der Waals surface area contributed by atoms with E-state index in [1.165, 1.54) is 0 Å². The third-order valence-electron chi connectivity index (χ3n) is 2.93.